The lowest BCUT2D eigenvalue weighted by molar-refractivity contribution is -0.159. The highest BCUT2D eigenvalue weighted by atomic mass is 28.4. The largest absolute Gasteiger partial charge is 0.466 e. The summed E-state index contributed by atoms with van der Waals surface area (Å²) in [7, 11) is -5.79. The molecule has 4 atom stereocenters. The van der Waals surface area contributed by atoms with Gasteiger partial charge >= 0.3 is 29.8 Å². The van der Waals surface area contributed by atoms with Crippen LogP contribution in [-0.2, 0) is 60.9 Å². The Balaban J connectivity index is -0.000000395. The third-order valence-electron chi connectivity index (χ3n) is 10.7. The van der Waals surface area contributed by atoms with Crippen molar-refractivity contribution in [1.82, 2.24) is 0 Å². The molecule has 0 saturated heterocycles. The van der Waals surface area contributed by atoms with E-state index < -0.39 is 67.8 Å². The molecule has 0 aromatic carbocycles. The van der Waals surface area contributed by atoms with Crippen LogP contribution in [0.5, 0.6) is 0 Å². The molecular weight excluding hydrogens is 885 g/mol. The Labute approximate surface area is 389 Å². The SMILES string of the molecule is CCOC(=O)C[C@@H](O)C(=O)OCC.CCOC(=O)C[C@@H](O)CO.CCOC(=O)C[C@H](CO)O[Si](C)(C)C(C)(C)C.CCOC(=O)C[C@H](CO[Si](C)(C)C(C)(C)C)O[Si](C)(C)C(C)(C)C. The number of hydrogen-bond donors (Lipinski definition) is 4. The van der Waals surface area contributed by atoms with Gasteiger partial charge < -0.3 is 57.4 Å². The molecule has 20 heteroatoms. The molecule has 64 heavy (non-hydrogen) atoms. The van der Waals surface area contributed by atoms with E-state index in [4.69, 9.17) is 38.1 Å². The fourth-order valence-electron chi connectivity index (χ4n) is 3.97. The third kappa shape index (κ3) is 32.4. The maximum atomic E-state index is 12.0. The first-order valence-corrected chi connectivity index (χ1v) is 31.1. The summed E-state index contributed by atoms with van der Waals surface area (Å²) < 4.78 is 42.2. The fraction of sp³-hybridized carbons (Fsp3) is 0.886. The summed E-state index contributed by atoms with van der Waals surface area (Å²) in [5, 5.41) is 35.6. The predicted octanol–water partition coefficient (Wildman–Crippen LogP) is 6.83. The van der Waals surface area contributed by atoms with E-state index in [1.165, 1.54) is 0 Å². The summed E-state index contributed by atoms with van der Waals surface area (Å²) >= 11 is 0. The average Bonchev–Trinajstić information content (AvgIpc) is 3.13. The first kappa shape index (κ1) is 68.3. The zero-order valence-corrected chi connectivity index (χ0v) is 46.4. The van der Waals surface area contributed by atoms with Gasteiger partial charge in [-0.15, -0.1) is 0 Å². The summed E-state index contributed by atoms with van der Waals surface area (Å²) in [6.07, 6.45) is -3.20. The molecule has 4 N–H and O–H groups in total. The molecular formula is C44H92O17Si3. The second kappa shape index (κ2) is 33.2. The highest BCUT2D eigenvalue weighted by molar-refractivity contribution is 6.75. The minimum Gasteiger partial charge on any atom is -0.466 e. The molecule has 0 unspecified atom stereocenters. The summed E-state index contributed by atoms with van der Waals surface area (Å²) in [5.41, 5.74) is 0. The number of aliphatic hydroxyl groups excluding tert-OH is 4. The van der Waals surface area contributed by atoms with Crippen LogP contribution in [0.2, 0.25) is 54.4 Å². The minimum absolute atomic E-state index is 0.0646. The maximum Gasteiger partial charge on any atom is 0.335 e. The van der Waals surface area contributed by atoms with Gasteiger partial charge in [-0.3, -0.25) is 19.2 Å². The Morgan fingerprint density at radius 2 is 0.766 bits per heavy atom. The van der Waals surface area contributed by atoms with Gasteiger partial charge in [0.05, 0.1) is 96.9 Å². The van der Waals surface area contributed by atoms with Gasteiger partial charge in [0.15, 0.2) is 31.1 Å². The van der Waals surface area contributed by atoms with Gasteiger partial charge in [-0.1, -0.05) is 62.3 Å². The highest BCUT2D eigenvalue weighted by Gasteiger charge is 2.42. The van der Waals surface area contributed by atoms with Gasteiger partial charge in [0.1, 0.15) is 0 Å². The first-order valence-electron chi connectivity index (χ1n) is 22.4. The number of hydrogen-bond acceptors (Lipinski definition) is 17. The van der Waals surface area contributed by atoms with Gasteiger partial charge in [0, 0.05) is 0 Å². The van der Waals surface area contributed by atoms with Crippen LogP contribution in [0, 0.1) is 0 Å². The number of rotatable bonds is 23. The van der Waals surface area contributed by atoms with Crippen molar-refractivity contribution in [3.05, 3.63) is 0 Å². The van der Waals surface area contributed by atoms with Gasteiger partial charge in [-0.05, 0) is 89.0 Å². The molecule has 17 nitrogen and oxygen atoms in total. The second-order valence-electron chi connectivity index (χ2n) is 19.4. The van der Waals surface area contributed by atoms with Crippen molar-refractivity contribution < 1.29 is 81.4 Å². The van der Waals surface area contributed by atoms with E-state index in [-0.39, 0.29) is 78.7 Å². The summed E-state index contributed by atoms with van der Waals surface area (Å²) in [5.74, 6) is -2.41. The molecule has 0 saturated carbocycles. The molecule has 0 aliphatic carbocycles. The number of ether oxygens (including phenoxy) is 5. The Kier molecular flexibility index (Phi) is 35.5. The second-order valence-corrected chi connectivity index (χ2v) is 33.7. The van der Waals surface area contributed by atoms with E-state index in [0.29, 0.717) is 26.4 Å². The standard InChI is InChI=1S/C18H40O4Si2.C12H26O4Si.C8H14O5.C6H12O4/c1-12-20-16(19)13-15(22-24(10,11)18(5,6)7)14-21-23(8,9)17(2,3)4;1-7-15-11(14)8-10(9-13)16-17(5,6)12(2,3)4;1-3-12-7(10)5-6(9)8(11)13-4-2;1-2-10-6(9)3-5(8)4-7/h15H,12-14H2,1-11H3;10,13H,7-9H2,1-6H3;6,9H,3-5H2,1-2H3;5,7-8H,2-4H2,1H3/t15-;10-;6-;5-/m1111/s1. The number of aliphatic hydroxyl groups is 4. The van der Waals surface area contributed by atoms with Crippen LogP contribution in [0.25, 0.3) is 0 Å². The van der Waals surface area contributed by atoms with E-state index in [1.54, 1.807) is 27.7 Å². The van der Waals surface area contributed by atoms with Crippen LogP contribution >= 0.6 is 0 Å². The van der Waals surface area contributed by atoms with Crippen LogP contribution in [-0.4, -0.2) is 152 Å². The quantitative estimate of drug-likeness (QED) is 0.0466. The van der Waals surface area contributed by atoms with E-state index in [1.807, 2.05) is 6.92 Å². The van der Waals surface area contributed by atoms with E-state index >= 15 is 0 Å². The van der Waals surface area contributed by atoms with Crippen LogP contribution in [0.3, 0.4) is 0 Å². The van der Waals surface area contributed by atoms with E-state index in [0.717, 1.165) is 0 Å². The molecule has 0 aliphatic heterocycles. The molecule has 382 valence electrons. The lowest BCUT2D eigenvalue weighted by Gasteiger charge is -2.41. The lowest BCUT2D eigenvalue weighted by Crippen LogP contribution is -2.48. The van der Waals surface area contributed by atoms with E-state index in [9.17, 15) is 29.1 Å². The Hall–Kier alpha value is -2.28. The third-order valence-corrected chi connectivity index (χ3v) is 24.3. The van der Waals surface area contributed by atoms with Crippen LogP contribution in [0.1, 0.15) is 123 Å². The molecule has 0 heterocycles. The van der Waals surface area contributed by atoms with Crippen molar-refractivity contribution in [2.75, 3.05) is 52.9 Å². The van der Waals surface area contributed by atoms with Crippen molar-refractivity contribution >= 4 is 54.8 Å². The van der Waals surface area contributed by atoms with Crippen LogP contribution in [0.4, 0.5) is 0 Å². The molecule has 0 aromatic heterocycles. The van der Waals surface area contributed by atoms with Crippen molar-refractivity contribution in [3.63, 3.8) is 0 Å². The van der Waals surface area contributed by atoms with Crippen molar-refractivity contribution in [2.45, 2.75) is 201 Å². The van der Waals surface area contributed by atoms with Crippen LogP contribution in [0.15, 0.2) is 0 Å². The average molecular weight is 977 g/mol. The van der Waals surface area contributed by atoms with Crippen LogP contribution < -0.4 is 0 Å². The zero-order valence-electron chi connectivity index (χ0n) is 43.4. The van der Waals surface area contributed by atoms with Gasteiger partial charge in [-0.2, -0.15) is 0 Å². The smallest absolute Gasteiger partial charge is 0.335 e. The van der Waals surface area contributed by atoms with Gasteiger partial charge in [0.2, 0.25) is 0 Å². The Bertz CT molecular complexity index is 1310. The molecule has 0 spiro atoms. The molecule has 0 fully saturated rings. The maximum absolute atomic E-state index is 12.0. The highest BCUT2D eigenvalue weighted by Crippen LogP contribution is 2.40. The predicted molar refractivity (Wildman–Crippen MR) is 255 cm³/mol. The minimum atomic E-state index is -1.97. The Morgan fingerprint density at radius 1 is 0.453 bits per heavy atom. The van der Waals surface area contributed by atoms with E-state index in [2.05, 4.69) is 116 Å². The monoisotopic (exact) mass is 977 g/mol. The summed E-state index contributed by atoms with van der Waals surface area (Å²) in [6.45, 7) is 42.6. The topological polar surface area (TPSA) is 240 Å². The molecule has 0 bridgehead atoms. The molecule has 0 rings (SSSR count). The number of carbonyl (C=O) groups is 5. The fourth-order valence-corrected chi connectivity index (χ4v) is 7.69. The summed E-state index contributed by atoms with van der Waals surface area (Å²) in [6, 6.07) is 0. The molecule has 0 aliphatic rings. The normalized spacial score (nSPS) is 14.0. The van der Waals surface area contributed by atoms with Crippen molar-refractivity contribution in [3.8, 4) is 0 Å². The Morgan fingerprint density at radius 3 is 1.08 bits per heavy atom. The lowest BCUT2D eigenvalue weighted by atomic mass is 10.2. The number of esters is 5. The summed E-state index contributed by atoms with van der Waals surface area (Å²) in [4.78, 5) is 55.4. The van der Waals surface area contributed by atoms with Gasteiger partial charge in [-0.25, -0.2) is 4.79 Å². The zero-order chi connectivity index (χ0) is 51.3. The van der Waals surface area contributed by atoms with Gasteiger partial charge in [0.25, 0.3) is 0 Å². The van der Waals surface area contributed by atoms with Crippen molar-refractivity contribution in [2.24, 2.45) is 0 Å². The first-order chi connectivity index (χ1) is 29.0. The van der Waals surface area contributed by atoms with Crippen molar-refractivity contribution in [1.29, 1.82) is 0 Å². The molecule has 0 radical (unpaired) electrons. The number of carbonyl (C=O) groups excluding carboxylic acids is 5. The molecule has 0 aromatic rings. The molecule has 0 amide bonds.